The maximum atomic E-state index is 14.5. The molecule has 0 radical (unpaired) electrons. The first kappa shape index (κ1) is 20.6. The predicted octanol–water partition coefficient (Wildman–Crippen LogP) is 5.13. The van der Waals surface area contributed by atoms with Gasteiger partial charge in [-0.05, 0) is 43.2 Å². The number of benzene rings is 2. The molecule has 0 spiro atoms. The van der Waals surface area contributed by atoms with Gasteiger partial charge in [0.1, 0.15) is 17.4 Å². The standard InChI is InChI=1S/C21H19Cl2FN4O2/c22-13-5-7-16(23)18(10-13)30-12-20(29)25-14-6-8-17(24)15(11-14)21-27-26-19-4-2-1-3-9-28(19)21/h5-8,10-11H,1-4,9,12H2,(H,25,29). The van der Waals surface area contributed by atoms with E-state index in [1.54, 1.807) is 18.2 Å². The van der Waals surface area contributed by atoms with Crippen LogP contribution in [0.3, 0.4) is 0 Å². The molecule has 0 aliphatic carbocycles. The predicted molar refractivity (Wildman–Crippen MR) is 114 cm³/mol. The van der Waals surface area contributed by atoms with Gasteiger partial charge in [0.2, 0.25) is 0 Å². The molecule has 0 atom stereocenters. The van der Waals surface area contributed by atoms with Gasteiger partial charge < -0.3 is 14.6 Å². The molecule has 1 aromatic heterocycles. The number of hydrogen-bond acceptors (Lipinski definition) is 4. The van der Waals surface area contributed by atoms with Gasteiger partial charge in [-0.1, -0.05) is 29.6 Å². The molecular formula is C21H19Cl2FN4O2. The number of carbonyl (C=O) groups excluding carboxylic acids is 1. The Kier molecular flexibility index (Phi) is 6.20. The molecule has 2 heterocycles. The summed E-state index contributed by atoms with van der Waals surface area (Å²) in [6.07, 6.45) is 3.99. The third-order valence-corrected chi connectivity index (χ3v) is 5.40. The molecule has 0 saturated carbocycles. The first-order valence-corrected chi connectivity index (χ1v) is 10.4. The second-order valence-electron chi connectivity index (χ2n) is 7.01. The number of hydrogen-bond donors (Lipinski definition) is 1. The van der Waals surface area contributed by atoms with Gasteiger partial charge >= 0.3 is 0 Å². The van der Waals surface area contributed by atoms with E-state index < -0.39 is 11.7 Å². The zero-order valence-electron chi connectivity index (χ0n) is 16.0. The molecule has 0 saturated heterocycles. The molecule has 1 N–H and O–H groups in total. The number of amides is 1. The average molecular weight is 449 g/mol. The van der Waals surface area contributed by atoms with Crippen molar-refractivity contribution in [2.75, 3.05) is 11.9 Å². The molecule has 6 nitrogen and oxygen atoms in total. The molecule has 4 rings (SSSR count). The van der Waals surface area contributed by atoms with Crippen molar-refractivity contribution in [2.24, 2.45) is 0 Å². The van der Waals surface area contributed by atoms with E-state index in [0.29, 0.717) is 32.9 Å². The summed E-state index contributed by atoms with van der Waals surface area (Å²) in [4.78, 5) is 12.3. The van der Waals surface area contributed by atoms with Gasteiger partial charge in [-0.15, -0.1) is 10.2 Å². The monoisotopic (exact) mass is 448 g/mol. The van der Waals surface area contributed by atoms with Crippen molar-refractivity contribution in [1.82, 2.24) is 14.8 Å². The molecule has 9 heteroatoms. The van der Waals surface area contributed by atoms with Crippen molar-refractivity contribution >= 4 is 34.8 Å². The number of anilines is 1. The van der Waals surface area contributed by atoms with Crippen LogP contribution in [0.1, 0.15) is 25.1 Å². The molecule has 0 bridgehead atoms. The summed E-state index contributed by atoms with van der Waals surface area (Å²) in [7, 11) is 0. The normalized spacial score (nSPS) is 13.4. The van der Waals surface area contributed by atoms with Crippen LogP contribution < -0.4 is 10.1 Å². The van der Waals surface area contributed by atoms with Crippen LogP contribution >= 0.6 is 23.2 Å². The Balaban J connectivity index is 1.49. The molecule has 156 valence electrons. The Hall–Kier alpha value is -2.64. The van der Waals surface area contributed by atoms with E-state index in [1.807, 2.05) is 4.57 Å². The third kappa shape index (κ3) is 4.57. The lowest BCUT2D eigenvalue weighted by Crippen LogP contribution is -2.20. The second kappa shape index (κ2) is 9.02. The lowest BCUT2D eigenvalue weighted by atomic mass is 10.1. The van der Waals surface area contributed by atoms with Crippen molar-refractivity contribution in [2.45, 2.75) is 32.2 Å². The molecule has 30 heavy (non-hydrogen) atoms. The van der Waals surface area contributed by atoms with Gasteiger partial charge in [-0.25, -0.2) is 4.39 Å². The van der Waals surface area contributed by atoms with Gasteiger partial charge in [-0.3, -0.25) is 4.79 Å². The molecule has 1 aliphatic rings. The van der Waals surface area contributed by atoms with E-state index >= 15 is 0 Å². The van der Waals surface area contributed by atoms with Gasteiger partial charge in [0.05, 0.1) is 10.6 Å². The zero-order chi connectivity index (χ0) is 21.1. The summed E-state index contributed by atoms with van der Waals surface area (Å²) in [6, 6.07) is 9.10. The number of aryl methyl sites for hydroxylation is 1. The Labute approximate surface area is 183 Å². The van der Waals surface area contributed by atoms with Crippen LogP contribution in [0.25, 0.3) is 11.4 Å². The number of fused-ring (bicyclic) bond motifs is 1. The fourth-order valence-electron chi connectivity index (χ4n) is 3.39. The summed E-state index contributed by atoms with van der Waals surface area (Å²) in [5, 5.41) is 11.9. The number of nitrogens with zero attached hydrogens (tertiary/aromatic N) is 3. The molecule has 1 aliphatic heterocycles. The van der Waals surface area contributed by atoms with Crippen molar-refractivity contribution in [3.8, 4) is 17.1 Å². The summed E-state index contributed by atoms with van der Waals surface area (Å²) in [6.45, 7) is 0.481. The van der Waals surface area contributed by atoms with Crippen LogP contribution in [0, 0.1) is 5.82 Å². The minimum absolute atomic E-state index is 0.271. The van der Waals surface area contributed by atoms with E-state index in [2.05, 4.69) is 15.5 Å². The Morgan fingerprint density at radius 3 is 2.87 bits per heavy atom. The van der Waals surface area contributed by atoms with Crippen molar-refractivity contribution in [3.05, 3.63) is 58.1 Å². The number of ether oxygens (including phenoxy) is 1. The van der Waals surface area contributed by atoms with Crippen LogP contribution in [0.5, 0.6) is 5.75 Å². The number of nitrogens with one attached hydrogen (secondary N) is 1. The minimum atomic E-state index is -0.422. The van der Waals surface area contributed by atoms with E-state index in [9.17, 15) is 9.18 Å². The van der Waals surface area contributed by atoms with E-state index in [4.69, 9.17) is 27.9 Å². The molecule has 1 amide bonds. The zero-order valence-corrected chi connectivity index (χ0v) is 17.5. The number of halogens is 3. The largest absolute Gasteiger partial charge is 0.482 e. The Morgan fingerprint density at radius 2 is 2.00 bits per heavy atom. The van der Waals surface area contributed by atoms with Crippen LogP contribution in [0.4, 0.5) is 10.1 Å². The Bertz CT molecular complexity index is 1090. The highest BCUT2D eigenvalue weighted by atomic mass is 35.5. The van der Waals surface area contributed by atoms with Gasteiger partial charge in [0.15, 0.2) is 12.4 Å². The van der Waals surface area contributed by atoms with Crippen LogP contribution in [-0.4, -0.2) is 27.3 Å². The summed E-state index contributed by atoms with van der Waals surface area (Å²) in [5.74, 6) is 0.814. The van der Waals surface area contributed by atoms with Gasteiger partial charge in [0, 0.05) is 29.7 Å². The van der Waals surface area contributed by atoms with Crippen LogP contribution in [0.2, 0.25) is 10.0 Å². The van der Waals surface area contributed by atoms with Crippen molar-refractivity contribution < 1.29 is 13.9 Å². The molecule has 0 fully saturated rings. The summed E-state index contributed by atoms with van der Waals surface area (Å²) < 4.78 is 21.9. The van der Waals surface area contributed by atoms with Gasteiger partial charge in [-0.2, -0.15) is 0 Å². The third-order valence-electron chi connectivity index (χ3n) is 4.85. The van der Waals surface area contributed by atoms with E-state index in [-0.39, 0.29) is 6.61 Å². The topological polar surface area (TPSA) is 69.0 Å². The van der Waals surface area contributed by atoms with Crippen molar-refractivity contribution in [3.63, 3.8) is 0 Å². The molecule has 3 aromatic rings. The first-order chi connectivity index (χ1) is 14.5. The second-order valence-corrected chi connectivity index (χ2v) is 7.85. The SMILES string of the molecule is O=C(COc1cc(Cl)ccc1Cl)Nc1ccc(F)c(-c2nnc3n2CCCCC3)c1. The van der Waals surface area contributed by atoms with Crippen LogP contribution in [0.15, 0.2) is 36.4 Å². The first-order valence-electron chi connectivity index (χ1n) is 9.61. The molecule has 2 aromatic carbocycles. The fraction of sp³-hybridized carbons (Fsp3) is 0.286. The lowest BCUT2D eigenvalue weighted by molar-refractivity contribution is -0.118. The van der Waals surface area contributed by atoms with Crippen molar-refractivity contribution in [1.29, 1.82) is 0 Å². The minimum Gasteiger partial charge on any atom is -0.482 e. The average Bonchev–Trinajstić information content (AvgIpc) is 2.97. The molecular weight excluding hydrogens is 430 g/mol. The van der Waals surface area contributed by atoms with E-state index in [1.165, 1.54) is 18.2 Å². The van der Waals surface area contributed by atoms with E-state index in [0.717, 1.165) is 38.1 Å². The lowest BCUT2D eigenvalue weighted by Gasteiger charge is -2.11. The summed E-state index contributed by atoms with van der Waals surface area (Å²) in [5.41, 5.74) is 0.732. The maximum Gasteiger partial charge on any atom is 0.262 e. The van der Waals surface area contributed by atoms with Crippen LogP contribution in [-0.2, 0) is 17.8 Å². The number of rotatable bonds is 5. The maximum absolute atomic E-state index is 14.5. The number of aromatic nitrogens is 3. The van der Waals surface area contributed by atoms with Gasteiger partial charge in [0.25, 0.3) is 5.91 Å². The Morgan fingerprint density at radius 1 is 1.13 bits per heavy atom. The molecule has 0 unspecified atom stereocenters. The summed E-state index contributed by atoms with van der Waals surface area (Å²) >= 11 is 11.9. The quantitative estimate of drug-likeness (QED) is 0.586. The smallest absolute Gasteiger partial charge is 0.262 e. The number of carbonyl (C=O) groups is 1. The fourth-order valence-corrected chi connectivity index (χ4v) is 3.72. The highest BCUT2D eigenvalue weighted by Crippen LogP contribution is 2.29. The highest BCUT2D eigenvalue weighted by molar-refractivity contribution is 6.34. The highest BCUT2D eigenvalue weighted by Gasteiger charge is 2.19.